The van der Waals surface area contributed by atoms with Gasteiger partial charge in [0.25, 0.3) is 0 Å². The molecule has 1 N–H and O–H groups in total. The molecule has 1 atom stereocenters. The standard InChI is InChI=1S/C14H13N3/c1-11-5-2-3-7-13(11)17-14(9-15)12-6-4-8-16-10-12/h2-8,10,14,17H,1H3. The first-order valence-electron chi connectivity index (χ1n) is 5.43. The van der Waals surface area contributed by atoms with E-state index in [2.05, 4.69) is 16.4 Å². The zero-order valence-electron chi connectivity index (χ0n) is 9.59. The molecule has 0 radical (unpaired) electrons. The molecule has 0 saturated carbocycles. The van der Waals surface area contributed by atoms with Gasteiger partial charge in [-0.15, -0.1) is 0 Å². The molecule has 0 aliphatic heterocycles. The predicted molar refractivity (Wildman–Crippen MR) is 67.4 cm³/mol. The van der Waals surface area contributed by atoms with Crippen molar-refractivity contribution in [2.75, 3.05) is 5.32 Å². The van der Waals surface area contributed by atoms with Gasteiger partial charge in [0.2, 0.25) is 0 Å². The number of para-hydroxylation sites is 1. The van der Waals surface area contributed by atoms with E-state index in [1.807, 2.05) is 43.3 Å². The summed E-state index contributed by atoms with van der Waals surface area (Å²) in [5.41, 5.74) is 2.97. The third-order valence-electron chi connectivity index (χ3n) is 2.59. The van der Waals surface area contributed by atoms with Crippen molar-refractivity contribution >= 4 is 5.69 Å². The number of anilines is 1. The van der Waals surface area contributed by atoms with Crippen LogP contribution in [0.25, 0.3) is 0 Å². The zero-order valence-corrected chi connectivity index (χ0v) is 9.59. The Kier molecular flexibility index (Phi) is 3.37. The molecule has 1 aromatic heterocycles. The predicted octanol–water partition coefficient (Wildman–Crippen LogP) is 3.07. The van der Waals surface area contributed by atoms with Crippen LogP contribution in [0.5, 0.6) is 0 Å². The molecule has 0 aliphatic rings. The molecular weight excluding hydrogens is 210 g/mol. The summed E-state index contributed by atoms with van der Waals surface area (Å²) in [4.78, 5) is 4.03. The molecule has 0 fully saturated rings. The minimum Gasteiger partial charge on any atom is -0.366 e. The number of pyridine rings is 1. The lowest BCUT2D eigenvalue weighted by Crippen LogP contribution is -2.09. The number of hydrogen-bond donors (Lipinski definition) is 1. The Balaban J connectivity index is 2.23. The van der Waals surface area contributed by atoms with Crippen LogP contribution in [0.1, 0.15) is 17.2 Å². The fourth-order valence-corrected chi connectivity index (χ4v) is 1.63. The summed E-state index contributed by atoms with van der Waals surface area (Å²) in [6, 6.07) is 13.5. The second kappa shape index (κ2) is 5.13. The van der Waals surface area contributed by atoms with E-state index in [4.69, 9.17) is 0 Å². The number of hydrogen-bond acceptors (Lipinski definition) is 3. The van der Waals surface area contributed by atoms with Crippen molar-refractivity contribution in [3.8, 4) is 6.07 Å². The van der Waals surface area contributed by atoms with E-state index in [0.29, 0.717) is 0 Å². The lowest BCUT2D eigenvalue weighted by atomic mass is 10.1. The number of nitrogens with one attached hydrogen (secondary N) is 1. The molecule has 2 rings (SSSR count). The van der Waals surface area contributed by atoms with E-state index < -0.39 is 0 Å². The number of nitriles is 1. The maximum absolute atomic E-state index is 9.19. The van der Waals surface area contributed by atoms with E-state index in [9.17, 15) is 5.26 Å². The first-order chi connectivity index (χ1) is 8.31. The normalized spacial score (nSPS) is 11.5. The Bertz CT molecular complexity index is 529. The monoisotopic (exact) mass is 223 g/mol. The molecular formula is C14H13N3. The molecule has 0 saturated heterocycles. The van der Waals surface area contributed by atoms with Crippen LogP contribution in [0.2, 0.25) is 0 Å². The van der Waals surface area contributed by atoms with Crippen molar-refractivity contribution in [1.82, 2.24) is 4.98 Å². The first-order valence-corrected chi connectivity index (χ1v) is 5.43. The third kappa shape index (κ3) is 2.61. The lowest BCUT2D eigenvalue weighted by molar-refractivity contribution is 0.979. The Labute approximate surface area is 101 Å². The molecule has 1 aromatic carbocycles. The number of aryl methyl sites for hydroxylation is 1. The van der Waals surface area contributed by atoms with E-state index in [-0.39, 0.29) is 6.04 Å². The van der Waals surface area contributed by atoms with Crippen LogP contribution in [-0.4, -0.2) is 4.98 Å². The number of benzene rings is 1. The molecule has 0 amide bonds. The quantitative estimate of drug-likeness (QED) is 0.869. The van der Waals surface area contributed by atoms with Crippen LogP contribution in [0.4, 0.5) is 5.69 Å². The van der Waals surface area contributed by atoms with Crippen LogP contribution >= 0.6 is 0 Å². The van der Waals surface area contributed by atoms with Gasteiger partial charge >= 0.3 is 0 Å². The summed E-state index contributed by atoms with van der Waals surface area (Å²) >= 11 is 0. The lowest BCUT2D eigenvalue weighted by Gasteiger charge is -2.14. The molecule has 0 bridgehead atoms. The molecule has 3 heteroatoms. The van der Waals surface area contributed by atoms with E-state index >= 15 is 0 Å². The number of rotatable bonds is 3. The van der Waals surface area contributed by atoms with Crippen LogP contribution < -0.4 is 5.32 Å². The summed E-state index contributed by atoms with van der Waals surface area (Å²) in [6.07, 6.45) is 3.41. The summed E-state index contributed by atoms with van der Waals surface area (Å²) in [6.45, 7) is 2.01. The van der Waals surface area contributed by atoms with Gasteiger partial charge in [0.1, 0.15) is 6.04 Å². The molecule has 0 spiro atoms. The third-order valence-corrected chi connectivity index (χ3v) is 2.59. The largest absolute Gasteiger partial charge is 0.366 e. The van der Waals surface area contributed by atoms with Gasteiger partial charge in [0.15, 0.2) is 0 Å². The summed E-state index contributed by atoms with van der Waals surface area (Å²) in [7, 11) is 0. The highest BCUT2D eigenvalue weighted by Crippen LogP contribution is 2.20. The van der Waals surface area contributed by atoms with Gasteiger partial charge in [-0.1, -0.05) is 24.3 Å². The van der Waals surface area contributed by atoms with Crippen molar-refractivity contribution in [3.63, 3.8) is 0 Å². The van der Waals surface area contributed by atoms with E-state index in [0.717, 1.165) is 16.8 Å². The van der Waals surface area contributed by atoms with Crippen LogP contribution in [0, 0.1) is 18.3 Å². The minimum atomic E-state index is -0.371. The fourth-order valence-electron chi connectivity index (χ4n) is 1.63. The Morgan fingerprint density at radius 1 is 1.24 bits per heavy atom. The van der Waals surface area contributed by atoms with Gasteiger partial charge in [0, 0.05) is 23.6 Å². The van der Waals surface area contributed by atoms with Gasteiger partial charge in [-0.25, -0.2) is 0 Å². The molecule has 1 unspecified atom stereocenters. The average Bonchev–Trinajstić information content (AvgIpc) is 2.39. The van der Waals surface area contributed by atoms with Crippen molar-refractivity contribution in [3.05, 3.63) is 59.9 Å². The second-order valence-corrected chi connectivity index (χ2v) is 3.81. The fraction of sp³-hybridized carbons (Fsp3) is 0.143. The SMILES string of the molecule is Cc1ccccc1NC(C#N)c1cccnc1. The smallest absolute Gasteiger partial charge is 0.141 e. The minimum absolute atomic E-state index is 0.371. The maximum atomic E-state index is 9.19. The highest BCUT2D eigenvalue weighted by atomic mass is 14.9. The molecule has 2 aromatic rings. The molecule has 3 nitrogen and oxygen atoms in total. The average molecular weight is 223 g/mol. The van der Waals surface area contributed by atoms with Crippen molar-refractivity contribution in [2.24, 2.45) is 0 Å². The molecule has 1 heterocycles. The van der Waals surface area contributed by atoms with E-state index in [1.165, 1.54) is 0 Å². The Morgan fingerprint density at radius 2 is 2.06 bits per heavy atom. The number of aromatic nitrogens is 1. The molecule has 84 valence electrons. The van der Waals surface area contributed by atoms with Gasteiger partial charge in [0.05, 0.1) is 6.07 Å². The Morgan fingerprint density at radius 3 is 2.71 bits per heavy atom. The van der Waals surface area contributed by atoms with Crippen molar-refractivity contribution < 1.29 is 0 Å². The van der Waals surface area contributed by atoms with Gasteiger partial charge < -0.3 is 5.32 Å². The summed E-state index contributed by atoms with van der Waals surface area (Å²) < 4.78 is 0. The Hall–Kier alpha value is -2.34. The number of nitrogens with zero attached hydrogens (tertiary/aromatic N) is 2. The molecule has 17 heavy (non-hydrogen) atoms. The van der Waals surface area contributed by atoms with Gasteiger partial charge in [-0.05, 0) is 24.6 Å². The van der Waals surface area contributed by atoms with Crippen molar-refractivity contribution in [2.45, 2.75) is 13.0 Å². The highest BCUT2D eigenvalue weighted by Gasteiger charge is 2.10. The topological polar surface area (TPSA) is 48.7 Å². The van der Waals surface area contributed by atoms with Crippen molar-refractivity contribution in [1.29, 1.82) is 5.26 Å². The van der Waals surface area contributed by atoms with Gasteiger partial charge in [-0.3, -0.25) is 4.98 Å². The van der Waals surface area contributed by atoms with Crippen LogP contribution in [0.15, 0.2) is 48.8 Å². The zero-order chi connectivity index (χ0) is 12.1. The van der Waals surface area contributed by atoms with E-state index in [1.54, 1.807) is 12.4 Å². The maximum Gasteiger partial charge on any atom is 0.141 e. The van der Waals surface area contributed by atoms with Crippen LogP contribution in [0.3, 0.4) is 0 Å². The molecule has 0 aliphatic carbocycles. The second-order valence-electron chi connectivity index (χ2n) is 3.81. The van der Waals surface area contributed by atoms with Crippen LogP contribution in [-0.2, 0) is 0 Å². The summed E-state index contributed by atoms with van der Waals surface area (Å²) in [5, 5.41) is 12.4. The van der Waals surface area contributed by atoms with Gasteiger partial charge in [-0.2, -0.15) is 5.26 Å². The summed E-state index contributed by atoms with van der Waals surface area (Å²) in [5.74, 6) is 0. The first kappa shape index (κ1) is 11.2. The highest BCUT2D eigenvalue weighted by molar-refractivity contribution is 5.53.